The van der Waals surface area contributed by atoms with Gasteiger partial charge in [0.2, 0.25) is 0 Å². The highest BCUT2D eigenvalue weighted by Crippen LogP contribution is 2.37. The summed E-state index contributed by atoms with van der Waals surface area (Å²) in [6.45, 7) is 0. The molecule has 3 fully saturated rings. The van der Waals surface area contributed by atoms with Crippen LogP contribution in [0.2, 0.25) is 5.02 Å². The van der Waals surface area contributed by atoms with Gasteiger partial charge in [-0.2, -0.15) is 0 Å². The van der Waals surface area contributed by atoms with E-state index < -0.39 is 0 Å². The lowest BCUT2D eigenvalue weighted by atomic mass is 10.00. The highest BCUT2D eigenvalue weighted by molar-refractivity contribution is 6.31. The van der Waals surface area contributed by atoms with Gasteiger partial charge in [-0.3, -0.25) is 4.79 Å². The molecule has 3 heterocycles. The number of nitrogens with zero attached hydrogens (tertiary/aromatic N) is 1. The second kappa shape index (κ2) is 4.78. The number of halogens is 1. The Balaban J connectivity index is 1.47. The van der Waals surface area contributed by atoms with E-state index in [0.29, 0.717) is 29.2 Å². The molecule has 2 bridgehead atoms. The smallest absolute Gasteiger partial charge is 0.268 e. The lowest BCUT2D eigenvalue weighted by Gasteiger charge is -2.29. The third-order valence-corrected chi connectivity index (χ3v) is 5.00. The summed E-state index contributed by atoms with van der Waals surface area (Å²) < 4.78 is 2.05. The predicted octanol–water partition coefficient (Wildman–Crippen LogP) is 2.49. The molecule has 2 saturated heterocycles. The predicted molar refractivity (Wildman–Crippen MR) is 78.1 cm³/mol. The lowest BCUT2D eigenvalue weighted by Crippen LogP contribution is -2.48. The SMILES string of the molecule is O=C(NC1CC2CCC(C1)N2)c1cc(Cl)cn1C1CC1. The lowest BCUT2D eigenvalue weighted by molar-refractivity contribution is 0.0914. The molecule has 0 aromatic carbocycles. The molecular formula is C15H20ClN3O. The molecular weight excluding hydrogens is 274 g/mol. The minimum atomic E-state index is 0.0371. The Hall–Kier alpha value is -1.00. The maximum absolute atomic E-state index is 12.5. The first-order valence-electron chi connectivity index (χ1n) is 7.63. The molecule has 5 heteroatoms. The van der Waals surface area contributed by atoms with Crippen molar-refractivity contribution in [1.29, 1.82) is 0 Å². The van der Waals surface area contributed by atoms with Crippen LogP contribution in [0.5, 0.6) is 0 Å². The Morgan fingerprint density at radius 3 is 2.60 bits per heavy atom. The number of carbonyl (C=O) groups is 1. The minimum Gasteiger partial charge on any atom is -0.348 e. The second-order valence-electron chi connectivity index (χ2n) is 6.46. The fraction of sp³-hybridized carbons (Fsp3) is 0.667. The van der Waals surface area contributed by atoms with Gasteiger partial charge < -0.3 is 15.2 Å². The van der Waals surface area contributed by atoms with Crippen LogP contribution in [0.15, 0.2) is 12.3 Å². The van der Waals surface area contributed by atoms with E-state index in [1.807, 2.05) is 10.8 Å². The summed E-state index contributed by atoms with van der Waals surface area (Å²) in [7, 11) is 0. The van der Waals surface area contributed by atoms with Crippen LogP contribution in [0.3, 0.4) is 0 Å². The zero-order chi connectivity index (χ0) is 13.7. The molecule has 0 spiro atoms. The number of fused-ring (bicyclic) bond motifs is 2. The molecule has 2 N–H and O–H groups in total. The van der Waals surface area contributed by atoms with Crippen LogP contribution in [0.1, 0.15) is 55.1 Å². The van der Waals surface area contributed by atoms with Crippen molar-refractivity contribution in [1.82, 2.24) is 15.2 Å². The van der Waals surface area contributed by atoms with E-state index in [0.717, 1.165) is 31.4 Å². The molecule has 2 atom stereocenters. The molecule has 2 aliphatic heterocycles. The van der Waals surface area contributed by atoms with Gasteiger partial charge in [-0.1, -0.05) is 11.6 Å². The molecule has 0 radical (unpaired) electrons. The average Bonchev–Trinajstić information content (AvgIpc) is 3.11. The molecule has 3 aliphatic rings. The van der Waals surface area contributed by atoms with Gasteiger partial charge >= 0.3 is 0 Å². The van der Waals surface area contributed by atoms with Gasteiger partial charge in [0.1, 0.15) is 5.69 Å². The van der Waals surface area contributed by atoms with Crippen molar-refractivity contribution in [3.05, 3.63) is 23.0 Å². The summed E-state index contributed by atoms with van der Waals surface area (Å²) in [5, 5.41) is 7.47. The summed E-state index contributed by atoms with van der Waals surface area (Å²) in [5.41, 5.74) is 0.725. The van der Waals surface area contributed by atoms with Crippen LogP contribution >= 0.6 is 11.6 Å². The average molecular weight is 294 g/mol. The number of amides is 1. The fourth-order valence-electron chi connectivity index (χ4n) is 3.72. The Bertz CT molecular complexity index is 525. The molecule has 1 saturated carbocycles. The van der Waals surface area contributed by atoms with Crippen molar-refractivity contribution in [2.24, 2.45) is 0 Å². The summed E-state index contributed by atoms with van der Waals surface area (Å²) in [6.07, 6.45) is 8.81. The number of piperidine rings is 1. The monoisotopic (exact) mass is 293 g/mol. The number of rotatable bonds is 3. The first-order chi connectivity index (χ1) is 9.69. The molecule has 1 aromatic heterocycles. The van der Waals surface area contributed by atoms with Crippen molar-refractivity contribution >= 4 is 17.5 Å². The van der Waals surface area contributed by atoms with Gasteiger partial charge in [-0.05, 0) is 44.6 Å². The molecule has 2 unspecified atom stereocenters. The van der Waals surface area contributed by atoms with Gasteiger partial charge in [0.15, 0.2) is 0 Å². The number of carbonyl (C=O) groups excluding carboxylic acids is 1. The topological polar surface area (TPSA) is 46.1 Å². The molecule has 1 aliphatic carbocycles. The van der Waals surface area contributed by atoms with Crippen LogP contribution < -0.4 is 10.6 Å². The number of hydrogen-bond acceptors (Lipinski definition) is 2. The van der Waals surface area contributed by atoms with Crippen molar-refractivity contribution in [3.63, 3.8) is 0 Å². The normalized spacial score (nSPS) is 32.4. The van der Waals surface area contributed by atoms with Crippen LogP contribution in [-0.4, -0.2) is 28.6 Å². The highest BCUT2D eigenvalue weighted by Gasteiger charge is 2.35. The fourth-order valence-corrected chi connectivity index (χ4v) is 3.93. The van der Waals surface area contributed by atoms with Crippen molar-refractivity contribution in [2.75, 3.05) is 0 Å². The molecule has 108 valence electrons. The zero-order valence-corrected chi connectivity index (χ0v) is 12.2. The number of aromatic nitrogens is 1. The van der Waals surface area contributed by atoms with Gasteiger partial charge in [0.25, 0.3) is 5.91 Å². The highest BCUT2D eigenvalue weighted by atomic mass is 35.5. The van der Waals surface area contributed by atoms with Gasteiger partial charge in [0.05, 0.1) is 5.02 Å². The van der Waals surface area contributed by atoms with E-state index in [4.69, 9.17) is 11.6 Å². The van der Waals surface area contributed by atoms with Crippen LogP contribution in [0, 0.1) is 0 Å². The molecule has 1 aromatic rings. The Kier molecular flexibility index (Phi) is 3.04. The Morgan fingerprint density at radius 2 is 1.95 bits per heavy atom. The van der Waals surface area contributed by atoms with Gasteiger partial charge in [-0.15, -0.1) is 0 Å². The summed E-state index contributed by atoms with van der Waals surface area (Å²) >= 11 is 6.07. The standard InChI is InChI=1S/C15H20ClN3O/c16-9-5-14(19(8-9)13-3-4-13)15(20)18-12-6-10-1-2-11(7-12)17-10/h5,8,10-13,17H,1-4,6-7H2,(H,18,20). The molecule has 4 nitrogen and oxygen atoms in total. The van der Waals surface area contributed by atoms with Crippen molar-refractivity contribution in [3.8, 4) is 0 Å². The quantitative estimate of drug-likeness (QED) is 0.899. The second-order valence-corrected chi connectivity index (χ2v) is 6.90. The maximum Gasteiger partial charge on any atom is 0.268 e. The number of hydrogen-bond donors (Lipinski definition) is 2. The zero-order valence-electron chi connectivity index (χ0n) is 11.4. The third-order valence-electron chi connectivity index (χ3n) is 4.80. The summed E-state index contributed by atoms with van der Waals surface area (Å²) in [5.74, 6) is 0.0371. The van der Waals surface area contributed by atoms with Crippen LogP contribution in [0.25, 0.3) is 0 Å². The minimum absolute atomic E-state index is 0.0371. The van der Waals surface area contributed by atoms with Crippen molar-refractivity contribution in [2.45, 2.75) is 62.7 Å². The van der Waals surface area contributed by atoms with E-state index >= 15 is 0 Å². The Morgan fingerprint density at radius 1 is 1.25 bits per heavy atom. The van der Waals surface area contributed by atoms with E-state index in [-0.39, 0.29) is 5.91 Å². The van der Waals surface area contributed by atoms with E-state index in [9.17, 15) is 4.79 Å². The molecule has 4 rings (SSSR count). The Labute approximate surface area is 123 Å². The van der Waals surface area contributed by atoms with Crippen molar-refractivity contribution < 1.29 is 4.79 Å². The van der Waals surface area contributed by atoms with Gasteiger partial charge in [0, 0.05) is 30.4 Å². The molecule has 1 amide bonds. The van der Waals surface area contributed by atoms with E-state index in [1.165, 1.54) is 12.8 Å². The summed E-state index contributed by atoms with van der Waals surface area (Å²) in [4.78, 5) is 12.5. The van der Waals surface area contributed by atoms with E-state index in [1.54, 1.807) is 6.07 Å². The third kappa shape index (κ3) is 2.35. The maximum atomic E-state index is 12.5. The number of nitrogens with one attached hydrogen (secondary N) is 2. The molecule has 20 heavy (non-hydrogen) atoms. The van der Waals surface area contributed by atoms with Crippen LogP contribution in [0.4, 0.5) is 0 Å². The van der Waals surface area contributed by atoms with Crippen LogP contribution in [-0.2, 0) is 0 Å². The largest absolute Gasteiger partial charge is 0.348 e. The van der Waals surface area contributed by atoms with Gasteiger partial charge in [-0.25, -0.2) is 0 Å². The summed E-state index contributed by atoms with van der Waals surface area (Å²) in [6, 6.07) is 3.77. The first-order valence-corrected chi connectivity index (χ1v) is 8.01. The van der Waals surface area contributed by atoms with E-state index in [2.05, 4.69) is 10.6 Å². The first kappa shape index (κ1) is 12.7.